The molecule has 0 amide bonds. The molecule has 0 bridgehead atoms. The number of hydrogen-bond acceptors (Lipinski definition) is 4. The molecule has 17 heavy (non-hydrogen) atoms. The zero-order chi connectivity index (χ0) is 12.8. The van der Waals surface area contributed by atoms with Crippen LogP contribution in [0, 0.1) is 17.2 Å². The fourth-order valence-corrected chi connectivity index (χ4v) is 2.30. The lowest BCUT2D eigenvalue weighted by Gasteiger charge is -2.07. The Balaban J connectivity index is 2.63. The summed E-state index contributed by atoms with van der Waals surface area (Å²) in [5.41, 5.74) is 5.45. The number of nitrogens with zero attached hydrogens (tertiary/aromatic N) is 1. The highest BCUT2D eigenvalue weighted by molar-refractivity contribution is 8.00. The Hall–Kier alpha value is -1.44. The molecular weight excluding hydrogens is 256 g/mol. The molecule has 2 N–H and O–H groups in total. The number of thioether (sulfide) groups is 1. The van der Waals surface area contributed by atoms with Crippen LogP contribution in [0.4, 0.5) is 0 Å². The summed E-state index contributed by atoms with van der Waals surface area (Å²) in [6.07, 6.45) is 0. The van der Waals surface area contributed by atoms with Crippen LogP contribution in [0.25, 0.3) is 0 Å². The average Bonchev–Trinajstić information content (AvgIpc) is 2.28. The predicted molar refractivity (Wildman–Crippen MR) is 69.6 cm³/mol. The van der Waals surface area contributed by atoms with Crippen LogP contribution < -0.4 is 5.73 Å². The molecule has 0 aromatic heterocycles. The van der Waals surface area contributed by atoms with Gasteiger partial charge in [0.25, 0.3) is 0 Å². The summed E-state index contributed by atoms with van der Waals surface area (Å²) in [6.45, 7) is 3.42. The minimum absolute atomic E-state index is 0.0808. The zero-order valence-corrected chi connectivity index (χ0v) is 10.6. The van der Waals surface area contributed by atoms with E-state index < -0.39 is 5.92 Å². The average molecular weight is 267 g/mol. The molecule has 0 radical (unpaired) electrons. The molecule has 1 atom stereocenters. The number of halogens is 1. The number of rotatable bonds is 5. The maximum atomic E-state index is 11.7. The molecule has 88 valence electrons. The van der Waals surface area contributed by atoms with Gasteiger partial charge in [-0.15, -0.1) is 11.8 Å². The van der Waals surface area contributed by atoms with Crippen molar-refractivity contribution in [3.63, 3.8) is 0 Å². The summed E-state index contributed by atoms with van der Waals surface area (Å²) < 4.78 is 0. The number of carbonyl (C=O) groups excluding carboxylic acids is 1. The van der Waals surface area contributed by atoms with Crippen LogP contribution in [0.15, 0.2) is 41.4 Å². The highest BCUT2D eigenvalue weighted by Gasteiger charge is 2.19. The second-order valence-electron chi connectivity index (χ2n) is 3.32. The van der Waals surface area contributed by atoms with Crippen LogP contribution in [-0.2, 0) is 4.79 Å². The van der Waals surface area contributed by atoms with Crippen LogP contribution in [0.5, 0.6) is 0 Å². The Kier molecular flexibility index (Phi) is 5.08. The maximum absolute atomic E-state index is 11.7. The van der Waals surface area contributed by atoms with Gasteiger partial charge < -0.3 is 5.73 Å². The van der Waals surface area contributed by atoms with Crippen molar-refractivity contribution in [2.75, 3.05) is 5.75 Å². The quantitative estimate of drug-likeness (QED) is 0.832. The van der Waals surface area contributed by atoms with E-state index in [1.165, 1.54) is 11.8 Å². The monoisotopic (exact) mass is 266 g/mol. The van der Waals surface area contributed by atoms with Gasteiger partial charge in [-0.3, -0.25) is 4.79 Å². The lowest BCUT2D eigenvalue weighted by atomic mass is 10.1. The van der Waals surface area contributed by atoms with Gasteiger partial charge in [-0.05, 0) is 12.1 Å². The second kappa shape index (κ2) is 6.33. The molecule has 5 heteroatoms. The molecular formula is C12H11ClN2OS. The standard InChI is InChI=1S/C12H11ClN2OS/c1-8(15)9(6-14)11(16)7-17-12-5-3-2-4-10(12)13/h2-5,9H,1,7,15H2/t9-/m0/s1. The molecule has 0 heterocycles. The van der Waals surface area contributed by atoms with E-state index in [-0.39, 0.29) is 17.2 Å². The van der Waals surface area contributed by atoms with Crippen molar-refractivity contribution in [2.45, 2.75) is 4.90 Å². The van der Waals surface area contributed by atoms with E-state index in [2.05, 4.69) is 6.58 Å². The Morgan fingerprint density at radius 3 is 2.76 bits per heavy atom. The normalized spacial score (nSPS) is 11.5. The molecule has 0 aliphatic carbocycles. The Morgan fingerprint density at radius 2 is 2.24 bits per heavy atom. The number of Topliss-reactive ketones (excluding diaryl/α,β-unsaturated/α-hetero) is 1. The van der Waals surface area contributed by atoms with Crippen LogP contribution in [0.1, 0.15) is 0 Å². The predicted octanol–water partition coefficient (Wildman–Crippen LogP) is 2.61. The van der Waals surface area contributed by atoms with Crippen molar-refractivity contribution in [3.8, 4) is 6.07 Å². The molecule has 0 aliphatic rings. The minimum atomic E-state index is -0.940. The van der Waals surface area contributed by atoms with Gasteiger partial charge in [0, 0.05) is 10.6 Å². The third kappa shape index (κ3) is 3.81. The molecule has 0 saturated carbocycles. The van der Waals surface area contributed by atoms with Crippen LogP contribution in [0.2, 0.25) is 5.02 Å². The van der Waals surface area contributed by atoms with E-state index in [1.54, 1.807) is 6.07 Å². The summed E-state index contributed by atoms with van der Waals surface area (Å²) in [5.74, 6) is -1.05. The highest BCUT2D eigenvalue weighted by atomic mass is 35.5. The Labute approximate surface area is 109 Å². The van der Waals surface area contributed by atoms with Gasteiger partial charge in [0.1, 0.15) is 5.92 Å². The molecule has 1 rings (SSSR count). The van der Waals surface area contributed by atoms with Crippen molar-refractivity contribution in [3.05, 3.63) is 41.6 Å². The van der Waals surface area contributed by atoms with Crippen LogP contribution in [-0.4, -0.2) is 11.5 Å². The van der Waals surface area contributed by atoms with Gasteiger partial charge in [0.05, 0.1) is 16.8 Å². The first kappa shape index (κ1) is 13.6. The van der Waals surface area contributed by atoms with Crippen molar-refractivity contribution in [1.82, 2.24) is 0 Å². The van der Waals surface area contributed by atoms with Crippen LogP contribution >= 0.6 is 23.4 Å². The van der Waals surface area contributed by atoms with Crippen molar-refractivity contribution >= 4 is 29.1 Å². The van der Waals surface area contributed by atoms with E-state index in [1.807, 2.05) is 24.3 Å². The SMILES string of the molecule is C=C(N)[C@H](C#N)C(=O)CSc1ccccc1Cl. The molecule has 3 nitrogen and oxygen atoms in total. The van der Waals surface area contributed by atoms with Gasteiger partial charge in [-0.25, -0.2) is 0 Å². The second-order valence-corrected chi connectivity index (χ2v) is 4.75. The highest BCUT2D eigenvalue weighted by Crippen LogP contribution is 2.27. The van der Waals surface area contributed by atoms with E-state index in [0.717, 1.165) is 4.90 Å². The van der Waals surface area contributed by atoms with Crippen molar-refractivity contribution in [2.24, 2.45) is 11.7 Å². The smallest absolute Gasteiger partial charge is 0.166 e. The van der Waals surface area contributed by atoms with E-state index in [9.17, 15) is 4.79 Å². The maximum Gasteiger partial charge on any atom is 0.166 e. The van der Waals surface area contributed by atoms with Gasteiger partial charge >= 0.3 is 0 Å². The molecule has 0 fully saturated rings. The van der Waals surface area contributed by atoms with Crippen LogP contribution in [0.3, 0.4) is 0 Å². The summed E-state index contributed by atoms with van der Waals surface area (Å²) in [6, 6.07) is 9.05. The molecule has 1 aromatic carbocycles. The van der Waals surface area contributed by atoms with Gasteiger partial charge in [0.15, 0.2) is 5.78 Å². The van der Waals surface area contributed by atoms with Gasteiger partial charge in [0.2, 0.25) is 0 Å². The van der Waals surface area contributed by atoms with Crippen molar-refractivity contribution < 1.29 is 4.79 Å². The fraction of sp³-hybridized carbons (Fsp3) is 0.167. The fourth-order valence-electron chi connectivity index (χ4n) is 1.16. The Bertz CT molecular complexity index is 482. The van der Waals surface area contributed by atoms with E-state index in [4.69, 9.17) is 22.6 Å². The largest absolute Gasteiger partial charge is 0.401 e. The first-order valence-electron chi connectivity index (χ1n) is 4.80. The summed E-state index contributed by atoms with van der Waals surface area (Å²) >= 11 is 7.23. The number of hydrogen-bond donors (Lipinski definition) is 1. The first-order chi connectivity index (χ1) is 8.06. The van der Waals surface area contributed by atoms with Gasteiger partial charge in [-0.2, -0.15) is 5.26 Å². The molecule has 0 aliphatic heterocycles. The zero-order valence-electron chi connectivity index (χ0n) is 9.02. The third-order valence-corrected chi connectivity index (χ3v) is 3.57. The minimum Gasteiger partial charge on any atom is -0.401 e. The lowest BCUT2D eigenvalue weighted by Crippen LogP contribution is -2.21. The number of ketones is 1. The number of benzene rings is 1. The lowest BCUT2D eigenvalue weighted by molar-refractivity contribution is -0.117. The number of allylic oxidation sites excluding steroid dienone is 1. The van der Waals surface area contributed by atoms with Gasteiger partial charge in [-0.1, -0.05) is 30.3 Å². The topological polar surface area (TPSA) is 66.9 Å². The number of carbonyl (C=O) groups is 1. The molecule has 0 unspecified atom stereocenters. The summed E-state index contributed by atoms with van der Waals surface area (Å²) in [7, 11) is 0. The number of nitrogens with two attached hydrogens (primary N) is 1. The van der Waals surface area contributed by atoms with E-state index in [0.29, 0.717) is 5.02 Å². The third-order valence-electron chi connectivity index (χ3n) is 2.03. The van der Waals surface area contributed by atoms with Crippen molar-refractivity contribution in [1.29, 1.82) is 5.26 Å². The molecule has 0 spiro atoms. The van der Waals surface area contributed by atoms with E-state index >= 15 is 0 Å². The number of nitriles is 1. The molecule has 0 saturated heterocycles. The molecule has 1 aromatic rings. The first-order valence-corrected chi connectivity index (χ1v) is 6.16. The summed E-state index contributed by atoms with van der Waals surface area (Å²) in [5, 5.41) is 9.36. The Morgan fingerprint density at radius 1 is 1.59 bits per heavy atom. The summed E-state index contributed by atoms with van der Waals surface area (Å²) in [4.78, 5) is 12.5.